The minimum absolute atomic E-state index is 0.160. The zero-order valence-electron chi connectivity index (χ0n) is 11.1. The molecule has 0 spiro atoms. The van der Waals surface area contributed by atoms with E-state index >= 15 is 0 Å². The summed E-state index contributed by atoms with van der Waals surface area (Å²) < 4.78 is 23.2. The Morgan fingerprint density at radius 3 is 1.41 bits per heavy atom. The number of hydrogen-bond donors (Lipinski definition) is 4. The molecule has 3 aromatic rings. The molecular weight excluding hydrogens is 326 g/mol. The van der Waals surface area contributed by atoms with Crippen molar-refractivity contribution in [1.82, 2.24) is 0 Å². The molecule has 0 unspecified atom stereocenters. The minimum atomic E-state index is -4.49. The lowest BCUT2D eigenvalue weighted by Gasteiger charge is -2.12. The second-order valence-corrected chi connectivity index (χ2v) is 8.08. The van der Waals surface area contributed by atoms with Crippen LogP contribution in [0.1, 0.15) is 0 Å². The van der Waals surface area contributed by atoms with Gasteiger partial charge in [-0.1, -0.05) is 24.3 Å². The Kier molecular flexibility index (Phi) is 3.49. The van der Waals surface area contributed by atoms with Crippen molar-refractivity contribution in [3.63, 3.8) is 0 Å². The highest BCUT2D eigenvalue weighted by molar-refractivity contribution is 7.61. The van der Waals surface area contributed by atoms with Crippen molar-refractivity contribution in [2.24, 2.45) is 0 Å². The van der Waals surface area contributed by atoms with Gasteiger partial charge in [0.15, 0.2) is 0 Å². The van der Waals surface area contributed by atoms with Crippen molar-refractivity contribution >= 4 is 47.3 Å². The lowest BCUT2D eigenvalue weighted by molar-refractivity contribution is 0.385. The normalized spacial score (nSPS) is 12.9. The summed E-state index contributed by atoms with van der Waals surface area (Å²) in [5.74, 6) is 0. The van der Waals surface area contributed by atoms with E-state index in [1.807, 2.05) is 0 Å². The summed E-state index contributed by atoms with van der Waals surface area (Å²) in [5.41, 5.74) is 0. The van der Waals surface area contributed by atoms with Crippen LogP contribution in [0.5, 0.6) is 0 Å². The second-order valence-electron chi connectivity index (χ2n) is 4.94. The largest absolute Gasteiger partial charge is 0.356 e. The van der Waals surface area contributed by atoms with Crippen LogP contribution in [0.15, 0.2) is 48.5 Å². The summed E-state index contributed by atoms with van der Waals surface area (Å²) in [7, 11) is -8.98. The monoisotopic (exact) mass is 338 g/mol. The van der Waals surface area contributed by atoms with Crippen molar-refractivity contribution in [1.29, 1.82) is 0 Å². The molecule has 0 aromatic heterocycles. The van der Waals surface area contributed by atoms with E-state index in [9.17, 15) is 28.7 Å². The highest BCUT2D eigenvalue weighted by Gasteiger charge is 2.23. The first-order chi connectivity index (χ1) is 10.2. The van der Waals surface area contributed by atoms with Crippen LogP contribution in [0.25, 0.3) is 21.5 Å². The lowest BCUT2D eigenvalue weighted by Crippen LogP contribution is -2.08. The Morgan fingerprint density at radius 2 is 1.05 bits per heavy atom. The van der Waals surface area contributed by atoms with E-state index in [1.54, 1.807) is 18.2 Å². The van der Waals surface area contributed by atoms with Gasteiger partial charge < -0.3 is 19.6 Å². The number of benzene rings is 3. The van der Waals surface area contributed by atoms with Gasteiger partial charge in [-0.05, 0) is 45.8 Å². The summed E-state index contributed by atoms with van der Waals surface area (Å²) in [6.07, 6.45) is 0. The molecule has 0 bridgehead atoms. The fourth-order valence-corrected chi connectivity index (χ4v) is 4.10. The molecule has 4 N–H and O–H groups in total. The summed E-state index contributed by atoms with van der Waals surface area (Å²) >= 11 is 0. The molecule has 0 radical (unpaired) electrons. The van der Waals surface area contributed by atoms with Crippen molar-refractivity contribution in [3.8, 4) is 0 Å². The first-order valence-corrected chi connectivity index (χ1v) is 9.48. The molecule has 0 heterocycles. The molecular formula is C14H12O6P2. The highest BCUT2D eigenvalue weighted by Crippen LogP contribution is 2.40. The Hall–Kier alpha value is -1.52. The molecule has 0 aliphatic heterocycles. The molecule has 0 saturated heterocycles. The lowest BCUT2D eigenvalue weighted by atomic mass is 10.0. The van der Waals surface area contributed by atoms with E-state index in [1.165, 1.54) is 30.3 Å². The molecule has 0 atom stereocenters. The zero-order valence-corrected chi connectivity index (χ0v) is 12.9. The molecule has 8 heteroatoms. The Balaban J connectivity index is 2.50. The average molecular weight is 338 g/mol. The predicted molar refractivity (Wildman–Crippen MR) is 84.8 cm³/mol. The third-order valence-electron chi connectivity index (χ3n) is 3.46. The maximum atomic E-state index is 11.6. The van der Waals surface area contributed by atoms with Gasteiger partial charge in [0.25, 0.3) is 0 Å². The van der Waals surface area contributed by atoms with Crippen LogP contribution < -0.4 is 10.6 Å². The van der Waals surface area contributed by atoms with Crippen LogP contribution in [0, 0.1) is 0 Å². The van der Waals surface area contributed by atoms with Crippen molar-refractivity contribution in [2.45, 2.75) is 0 Å². The number of rotatable bonds is 2. The third-order valence-corrected chi connectivity index (χ3v) is 5.50. The standard InChI is InChI=1S/C14H12O6P2/c15-21(16,17)13-5-1-3-9-7-10-4-2-6-14(22(18,19)20)12(10)8-11(9)13/h1-8H,(H2,15,16,17)(H2,18,19,20). The van der Waals surface area contributed by atoms with Gasteiger partial charge >= 0.3 is 15.2 Å². The fourth-order valence-electron chi connectivity index (χ4n) is 2.53. The van der Waals surface area contributed by atoms with E-state index < -0.39 is 15.2 Å². The summed E-state index contributed by atoms with van der Waals surface area (Å²) in [6.45, 7) is 0. The molecule has 0 saturated carbocycles. The first kappa shape index (κ1) is 15.4. The van der Waals surface area contributed by atoms with E-state index in [4.69, 9.17) is 0 Å². The zero-order chi connectivity index (χ0) is 16.1. The Bertz CT molecular complexity index is 908. The number of hydrogen-bond acceptors (Lipinski definition) is 2. The van der Waals surface area contributed by atoms with Crippen molar-refractivity contribution in [2.75, 3.05) is 0 Å². The topological polar surface area (TPSA) is 115 Å². The third kappa shape index (κ3) is 2.61. The van der Waals surface area contributed by atoms with Gasteiger partial charge in [0, 0.05) is 0 Å². The molecule has 3 aromatic carbocycles. The summed E-state index contributed by atoms with van der Waals surface area (Å²) in [5, 5.41) is 1.43. The molecule has 6 nitrogen and oxygen atoms in total. The van der Waals surface area contributed by atoms with E-state index in [0.717, 1.165) is 0 Å². The molecule has 114 valence electrons. The van der Waals surface area contributed by atoms with Gasteiger partial charge in [-0.2, -0.15) is 0 Å². The number of fused-ring (bicyclic) bond motifs is 2. The maximum absolute atomic E-state index is 11.6. The molecule has 0 amide bonds. The Morgan fingerprint density at radius 1 is 0.636 bits per heavy atom. The van der Waals surface area contributed by atoms with Crippen LogP contribution in [0.3, 0.4) is 0 Å². The van der Waals surface area contributed by atoms with E-state index in [0.29, 0.717) is 10.8 Å². The second kappa shape index (κ2) is 5.00. The van der Waals surface area contributed by atoms with Crippen molar-refractivity contribution in [3.05, 3.63) is 48.5 Å². The van der Waals surface area contributed by atoms with Crippen LogP contribution in [0.2, 0.25) is 0 Å². The molecule has 0 aliphatic carbocycles. The van der Waals surface area contributed by atoms with Gasteiger partial charge in [-0.3, -0.25) is 9.13 Å². The van der Waals surface area contributed by atoms with Gasteiger partial charge in [0.2, 0.25) is 0 Å². The van der Waals surface area contributed by atoms with Gasteiger partial charge in [0.05, 0.1) is 10.6 Å². The van der Waals surface area contributed by atoms with Crippen LogP contribution in [-0.4, -0.2) is 19.6 Å². The molecule has 0 aliphatic rings. The van der Waals surface area contributed by atoms with Gasteiger partial charge in [-0.15, -0.1) is 0 Å². The quantitative estimate of drug-likeness (QED) is 0.417. The predicted octanol–water partition coefficient (Wildman–Crippen LogP) is 1.60. The molecule has 22 heavy (non-hydrogen) atoms. The van der Waals surface area contributed by atoms with Crippen LogP contribution >= 0.6 is 15.2 Å². The molecule has 3 rings (SSSR count). The summed E-state index contributed by atoms with van der Waals surface area (Å²) in [4.78, 5) is 37.8. The van der Waals surface area contributed by atoms with Crippen LogP contribution in [-0.2, 0) is 9.13 Å². The van der Waals surface area contributed by atoms with Gasteiger partial charge in [-0.25, -0.2) is 0 Å². The average Bonchev–Trinajstić information content (AvgIpc) is 2.41. The van der Waals surface area contributed by atoms with Crippen molar-refractivity contribution < 1.29 is 28.7 Å². The fraction of sp³-hybridized carbons (Fsp3) is 0. The SMILES string of the molecule is O=P(O)(O)c1cccc2cc3cccc(P(=O)(O)O)c3cc12. The highest BCUT2D eigenvalue weighted by atomic mass is 31.2. The maximum Gasteiger partial charge on any atom is 0.356 e. The van der Waals surface area contributed by atoms with E-state index in [-0.39, 0.29) is 21.4 Å². The minimum Gasteiger partial charge on any atom is -0.321 e. The van der Waals surface area contributed by atoms with Gasteiger partial charge in [0.1, 0.15) is 0 Å². The Labute approximate surface area is 125 Å². The van der Waals surface area contributed by atoms with E-state index in [2.05, 4.69) is 0 Å². The molecule has 0 fully saturated rings. The smallest absolute Gasteiger partial charge is 0.321 e. The summed E-state index contributed by atoms with van der Waals surface area (Å²) in [6, 6.07) is 12.2. The van der Waals surface area contributed by atoms with Crippen LogP contribution in [0.4, 0.5) is 0 Å². The first-order valence-electron chi connectivity index (χ1n) is 6.26.